The lowest BCUT2D eigenvalue weighted by Crippen LogP contribution is -2.30. The van der Waals surface area contributed by atoms with Crippen molar-refractivity contribution in [2.75, 3.05) is 60.0 Å². The van der Waals surface area contributed by atoms with Crippen molar-refractivity contribution in [3.05, 3.63) is 0 Å². The number of aliphatic hydroxyl groups excluding tert-OH is 3. The number of aliphatic hydroxyl groups is 3. The first-order valence-corrected chi connectivity index (χ1v) is 5.90. The predicted molar refractivity (Wildman–Crippen MR) is 63.4 cm³/mol. The molecular formula is C11H24O7. The summed E-state index contributed by atoms with van der Waals surface area (Å²) < 4.78 is 20.4. The van der Waals surface area contributed by atoms with Gasteiger partial charge in [-0.05, 0) is 0 Å². The molecule has 2 atom stereocenters. The Morgan fingerprint density at radius 2 is 1.56 bits per heavy atom. The van der Waals surface area contributed by atoms with E-state index in [1.54, 1.807) is 0 Å². The summed E-state index contributed by atoms with van der Waals surface area (Å²) in [5, 5.41) is 26.6. The van der Waals surface area contributed by atoms with Gasteiger partial charge in [-0.15, -0.1) is 0 Å². The largest absolute Gasteiger partial charge is 0.394 e. The zero-order valence-corrected chi connectivity index (χ0v) is 10.8. The quantitative estimate of drug-likeness (QED) is 0.346. The molecule has 7 heteroatoms. The second-order valence-corrected chi connectivity index (χ2v) is 3.66. The van der Waals surface area contributed by atoms with Crippen LogP contribution in [0.25, 0.3) is 0 Å². The molecule has 0 heterocycles. The molecule has 0 spiro atoms. The van der Waals surface area contributed by atoms with Crippen LogP contribution in [0.5, 0.6) is 0 Å². The van der Waals surface area contributed by atoms with Crippen LogP contribution in [0, 0.1) is 0 Å². The van der Waals surface area contributed by atoms with E-state index in [4.69, 9.17) is 29.2 Å². The number of hydrogen-bond donors (Lipinski definition) is 3. The minimum atomic E-state index is -0.674. The van der Waals surface area contributed by atoms with E-state index < -0.39 is 6.10 Å². The highest BCUT2D eigenvalue weighted by molar-refractivity contribution is 4.58. The molecule has 0 aliphatic carbocycles. The zero-order chi connectivity index (χ0) is 13.6. The Bertz CT molecular complexity index is 167. The summed E-state index contributed by atoms with van der Waals surface area (Å²) in [4.78, 5) is 0. The molecule has 18 heavy (non-hydrogen) atoms. The van der Waals surface area contributed by atoms with Crippen LogP contribution in [0.2, 0.25) is 0 Å². The molecular weight excluding hydrogens is 244 g/mol. The zero-order valence-electron chi connectivity index (χ0n) is 10.8. The molecule has 0 aromatic heterocycles. The highest BCUT2D eigenvalue weighted by Gasteiger charge is 2.11. The first kappa shape index (κ1) is 17.7. The highest BCUT2D eigenvalue weighted by atomic mass is 16.6. The molecule has 0 radical (unpaired) electrons. The van der Waals surface area contributed by atoms with Crippen LogP contribution in [-0.4, -0.2) is 87.5 Å². The van der Waals surface area contributed by atoms with Gasteiger partial charge in [0.1, 0.15) is 12.2 Å². The Hall–Kier alpha value is -0.280. The van der Waals surface area contributed by atoms with Crippen molar-refractivity contribution in [3.63, 3.8) is 0 Å². The minimum absolute atomic E-state index is 0.0554. The highest BCUT2D eigenvalue weighted by Crippen LogP contribution is 1.97. The van der Waals surface area contributed by atoms with E-state index in [9.17, 15) is 5.11 Å². The van der Waals surface area contributed by atoms with Crippen LogP contribution < -0.4 is 0 Å². The number of hydrogen-bond acceptors (Lipinski definition) is 7. The fourth-order valence-corrected chi connectivity index (χ4v) is 1.22. The van der Waals surface area contributed by atoms with Gasteiger partial charge < -0.3 is 34.3 Å². The Kier molecular flexibility index (Phi) is 13.0. The molecule has 7 nitrogen and oxygen atoms in total. The maximum atomic E-state index is 9.36. The van der Waals surface area contributed by atoms with Crippen molar-refractivity contribution < 1.29 is 34.3 Å². The normalized spacial score (nSPS) is 14.7. The molecule has 2 unspecified atom stereocenters. The molecule has 0 amide bonds. The summed E-state index contributed by atoms with van der Waals surface area (Å²) in [6.45, 7) is 1.15. The topological polar surface area (TPSA) is 97.6 Å². The van der Waals surface area contributed by atoms with Crippen molar-refractivity contribution in [3.8, 4) is 0 Å². The third-order valence-electron chi connectivity index (χ3n) is 1.96. The smallest absolute Gasteiger partial charge is 0.104 e. The van der Waals surface area contributed by atoms with Gasteiger partial charge in [-0.2, -0.15) is 0 Å². The maximum absolute atomic E-state index is 9.36. The summed E-state index contributed by atoms with van der Waals surface area (Å²) in [6, 6.07) is 0. The molecule has 110 valence electrons. The minimum Gasteiger partial charge on any atom is -0.394 e. The van der Waals surface area contributed by atoms with Crippen LogP contribution in [0.4, 0.5) is 0 Å². The van der Waals surface area contributed by atoms with E-state index >= 15 is 0 Å². The molecule has 3 N–H and O–H groups in total. The van der Waals surface area contributed by atoms with Gasteiger partial charge in [0.15, 0.2) is 0 Å². The van der Waals surface area contributed by atoms with Crippen LogP contribution in [-0.2, 0) is 18.9 Å². The lowest BCUT2D eigenvalue weighted by atomic mass is 10.4. The predicted octanol–water partition coefficient (Wildman–Crippen LogP) is -1.60. The molecule has 0 bridgehead atoms. The molecule has 0 aromatic carbocycles. The van der Waals surface area contributed by atoms with Crippen molar-refractivity contribution in [1.82, 2.24) is 0 Å². The standard InChI is InChI=1S/C11H24O7/c1-15-6-10(14)7-17-9-11(18-5-3-13)8-16-4-2-12/h10-14H,2-9H2,1H3. The molecule has 0 saturated carbocycles. The third kappa shape index (κ3) is 10.8. The van der Waals surface area contributed by atoms with Crippen LogP contribution in [0.15, 0.2) is 0 Å². The van der Waals surface area contributed by atoms with E-state index in [1.807, 2.05) is 0 Å². The average Bonchev–Trinajstić information content (AvgIpc) is 2.36. The number of ether oxygens (including phenoxy) is 4. The van der Waals surface area contributed by atoms with Crippen molar-refractivity contribution >= 4 is 0 Å². The van der Waals surface area contributed by atoms with E-state index in [-0.39, 0.29) is 59.0 Å². The van der Waals surface area contributed by atoms with Gasteiger partial charge in [0.2, 0.25) is 0 Å². The number of rotatable bonds is 13. The first-order valence-electron chi connectivity index (χ1n) is 5.90. The fraction of sp³-hybridized carbons (Fsp3) is 1.00. The molecule has 0 saturated heterocycles. The monoisotopic (exact) mass is 268 g/mol. The van der Waals surface area contributed by atoms with Gasteiger partial charge in [-0.25, -0.2) is 0 Å². The lowest BCUT2D eigenvalue weighted by Gasteiger charge is -2.18. The van der Waals surface area contributed by atoms with E-state index in [0.717, 1.165) is 0 Å². The first-order chi connectivity index (χ1) is 8.74. The molecule has 0 rings (SSSR count). The van der Waals surface area contributed by atoms with Gasteiger partial charge in [0, 0.05) is 7.11 Å². The van der Waals surface area contributed by atoms with Gasteiger partial charge in [-0.1, -0.05) is 0 Å². The lowest BCUT2D eigenvalue weighted by molar-refractivity contribution is -0.0852. The third-order valence-corrected chi connectivity index (χ3v) is 1.96. The molecule has 0 aliphatic heterocycles. The van der Waals surface area contributed by atoms with Crippen LogP contribution in [0.1, 0.15) is 0 Å². The Labute approximate surface area is 107 Å². The van der Waals surface area contributed by atoms with Crippen LogP contribution >= 0.6 is 0 Å². The van der Waals surface area contributed by atoms with Crippen molar-refractivity contribution in [2.45, 2.75) is 12.2 Å². The number of methoxy groups -OCH3 is 1. The Balaban J connectivity index is 3.70. The van der Waals surface area contributed by atoms with Gasteiger partial charge >= 0.3 is 0 Å². The Morgan fingerprint density at radius 1 is 0.889 bits per heavy atom. The molecule has 0 aliphatic rings. The summed E-state index contributed by atoms with van der Waals surface area (Å²) >= 11 is 0. The summed E-state index contributed by atoms with van der Waals surface area (Å²) in [5.74, 6) is 0. The summed E-state index contributed by atoms with van der Waals surface area (Å²) in [7, 11) is 1.50. The van der Waals surface area contributed by atoms with Gasteiger partial charge in [0.25, 0.3) is 0 Å². The van der Waals surface area contributed by atoms with Gasteiger partial charge in [0.05, 0.1) is 52.9 Å². The second-order valence-electron chi connectivity index (χ2n) is 3.66. The summed E-state index contributed by atoms with van der Waals surface area (Å²) in [6.07, 6.45) is -1.01. The second kappa shape index (κ2) is 13.2. The average molecular weight is 268 g/mol. The SMILES string of the molecule is COCC(O)COCC(COCCO)OCCO. The van der Waals surface area contributed by atoms with Gasteiger partial charge in [-0.3, -0.25) is 0 Å². The van der Waals surface area contributed by atoms with E-state index in [2.05, 4.69) is 0 Å². The maximum Gasteiger partial charge on any atom is 0.104 e. The Morgan fingerprint density at radius 3 is 2.17 bits per heavy atom. The fourth-order valence-electron chi connectivity index (χ4n) is 1.22. The summed E-state index contributed by atoms with van der Waals surface area (Å²) in [5.41, 5.74) is 0. The molecule has 0 fully saturated rings. The van der Waals surface area contributed by atoms with Crippen molar-refractivity contribution in [1.29, 1.82) is 0 Å². The molecule has 0 aromatic rings. The van der Waals surface area contributed by atoms with E-state index in [1.165, 1.54) is 7.11 Å². The van der Waals surface area contributed by atoms with E-state index in [0.29, 0.717) is 0 Å². The van der Waals surface area contributed by atoms with Crippen molar-refractivity contribution in [2.24, 2.45) is 0 Å². The van der Waals surface area contributed by atoms with Crippen LogP contribution in [0.3, 0.4) is 0 Å².